The fraction of sp³-hybridized carbons (Fsp3) is 0.909. The van der Waals surface area contributed by atoms with Crippen molar-refractivity contribution in [2.24, 2.45) is 11.8 Å². The smallest absolute Gasteiger partial charge is 0.223 e. The number of carbonyl (C=O) groups excluding carboxylic acids is 1. The van der Waals surface area contributed by atoms with Crippen molar-refractivity contribution in [1.82, 2.24) is 5.32 Å². The molecule has 0 aromatic heterocycles. The molecular formula is C11H21NO2. The maximum Gasteiger partial charge on any atom is 0.223 e. The molecule has 0 aromatic rings. The number of aliphatic hydroxyl groups is 1. The van der Waals surface area contributed by atoms with Crippen molar-refractivity contribution >= 4 is 5.91 Å². The Labute approximate surface area is 85.9 Å². The normalized spacial score (nSPS) is 20.2. The highest BCUT2D eigenvalue weighted by molar-refractivity contribution is 5.78. The second-order valence-corrected chi connectivity index (χ2v) is 4.41. The molecule has 1 rings (SSSR count). The Morgan fingerprint density at radius 1 is 1.50 bits per heavy atom. The molecule has 0 aliphatic heterocycles. The molecule has 1 fully saturated rings. The minimum atomic E-state index is -0.257. The van der Waals surface area contributed by atoms with Gasteiger partial charge in [-0.25, -0.2) is 0 Å². The van der Waals surface area contributed by atoms with Gasteiger partial charge in [-0.15, -0.1) is 0 Å². The number of hydrogen-bond donors (Lipinski definition) is 2. The van der Waals surface area contributed by atoms with Crippen molar-refractivity contribution in [1.29, 1.82) is 0 Å². The van der Waals surface area contributed by atoms with Crippen LogP contribution in [0, 0.1) is 11.8 Å². The van der Waals surface area contributed by atoms with Crippen LogP contribution >= 0.6 is 0 Å². The molecule has 2 N–H and O–H groups in total. The Kier molecular flexibility index (Phi) is 4.39. The summed E-state index contributed by atoms with van der Waals surface area (Å²) in [5.41, 5.74) is 0. The van der Waals surface area contributed by atoms with E-state index in [2.05, 4.69) is 5.32 Å². The van der Waals surface area contributed by atoms with Crippen molar-refractivity contribution in [3.8, 4) is 0 Å². The van der Waals surface area contributed by atoms with Crippen LogP contribution in [0.25, 0.3) is 0 Å². The molecule has 3 heteroatoms. The summed E-state index contributed by atoms with van der Waals surface area (Å²) in [6.45, 7) is 4.47. The molecule has 1 aliphatic carbocycles. The predicted molar refractivity (Wildman–Crippen MR) is 55.8 cm³/mol. The quantitative estimate of drug-likeness (QED) is 0.634. The van der Waals surface area contributed by atoms with Crippen LogP contribution in [0.1, 0.15) is 39.5 Å². The number of rotatable bonds is 6. The number of nitrogens with one attached hydrogen (secondary N) is 1. The van der Waals surface area contributed by atoms with E-state index in [0.29, 0.717) is 12.5 Å². The number of carbonyl (C=O) groups is 1. The molecule has 0 saturated heterocycles. The van der Waals surface area contributed by atoms with Crippen LogP contribution in [-0.4, -0.2) is 23.7 Å². The van der Waals surface area contributed by atoms with Crippen LogP contribution in [0.4, 0.5) is 0 Å². The summed E-state index contributed by atoms with van der Waals surface area (Å²) in [5, 5.41) is 11.9. The van der Waals surface area contributed by atoms with E-state index >= 15 is 0 Å². The minimum Gasteiger partial charge on any atom is -0.393 e. The molecule has 0 radical (unpaired) electrons. The molecule has 0 bridgehead atoms. The number of amides is 1. The molecule has 1 amide bonds. The number of hydrogen-bond acceptors (Lipinski definition) is 2. The second kappa shape index (κ2) is 5.35. The lowest BCUT2D eigenvalue weighted by Gasteiger charge is -2.11. The van der Waals surface area contributed by atoms with E-state index in [1.54, 1.807) is 6.92 Å². The van der Waals surface area contributed by atoms with Gasteiger partial charge in [0.15, 0.2) is 0 Å². The topological polar surface area (TPSA) is 49.3 Å². The summed E-state index contributed by atoms with van der Waals surface area (Å²) in [6.07, 6.45) is 3.79. The zero-order valence-electron chi connectivity index (χ0n) is 9.12. The van der Waals surface area contributed by atoms with Gasteiger partial charge >= 0.3 is 0 Å². The molecule has 14 heavy (non-hydrogen) atoms. The van der Waals surface area contributed by atoms with E-state index in [1.165, 1.54) is 12.8 Å². The van der Waals surface area contributed by atoms with Gasteiger partial charge < -0.3 is 10.4 Å². The minimum absolute atomic E-state index is 0.179. The molecule has 2 atom stereocenters. The predicted octanol–water partition coefficient (Wildman–Crippen LogP) is 1.31. The van der Waals surface area contributed by atoms with Gasteiger partial charge in [0.2, 0.25) is 5.91 Å². The fourth-order valence-corrected chi connectivity index (χ4v) is 1.58. The van der Waals surface area contributed by atoms with Gasteiger partial charge in [0.1, 0.15) is 0 Å². The van der Waals surface area contributed by atoms with Gasteiger partial charge in [-0.05, 0) is 38.5 Å². The highest BCUT2D eigenvalue weighted by atomic mass is 16.3. The van der Waals surface area contributed by atoms with E-state index in [-0.39, 0.29) is 17.9 Å². The Hall–Kier alpha value is -0.570. The SMILES string of the molecule is CC(O)CCCNC(=O)C(C)C1CC1. The first-order chi connectivity index (χ1) is 6.61. The summed E-state index contributed by atoms with van der Waals surface area (Å²) in [7, 11) is 0. The van der Waals surface area contributed by atoms with Crippen LogP contribution in [-0.2, 0) is 4.79 Å². The van der Waals surface area contributed by atoms with Crippen molar-refractivity contribution in [2.75, 3.05) is 6.54 Å². The van der Waals surface area contributed by atoms with Gasteiger partial charge in [0.05, 0.1) is 6.10 Å². The largest absolute Gasteiger partial charge is 0.393 e. The van der Waals surface area contributed by atoms with E-state index in [4.69, 9.17) is 5.11 Å². The summed E-state index contributed by atoms with van der Waals surface area (Å²) in [4.78, 5) is 11.5. The van der Waals surface area contributed by atoms with Crippen molar-refractivity contribution in [3.05, 3.63) is 0 Å². The summed E-state index contributed by atoms with van der Waals surface area (Å²) < 4.78 is 0. The van der Waals surface area contributed by atoms with E-state index in [9.17, 15) is 4.79 Å². The van der Waals surface area contributed by atoms with Gasteiger partial charge in [-0.3, -0.25) is 4.79 Å². The van der Waals surface area contributed by atoms with Gasteiger partial charge in [0.25, 0.3) is 0 Å². The summed E-state index contributed by atoms with van der Waals surface area (Å²) >= 11 is 0. The van der Waals surface area contributed by atoms with Crippen molar-refractivity contribution < 1.29 is 9.90 Å². The summed E-state index contributed by atoms with van der Waals surface area (Å²) in [5.74, 6) is 0.992. The third-order valence-electron chi connectivity index (χ3n) is 2.84. The second-order valence-electron chi connectivity index (χ2n) is 4.41. The van der Waals surface area contributed by atoms with Crippen molar-refractivity contribution in [2.45, 2.75) is 45.6 Å². The van der Waals surface area contributed by atoms with Gasteiger partial charge in [-0.2, -0.15) is 0 Å². The highest BCUT2D eigenvalue weighted by Gasteiger charge is 2.32. The monoisotopic (exact) mass is 199 g/mol. The molecule has 0 spiro atoms. The van der Waals surface area contributed by atoms with Crippen LogP contribution < -0.4 is 5.32 Å². The Morgan fingerprint density at radius 2 is 2.14 bits per heavy atom. The standard InChI is InChI=1S/C11H21NO2/c1-8(13)4-3-7-12-11(14)9(2)10-5-6-10/h8-10,13H,3-7H2,1-2H3,(H,12,14). The Morgan fingerprint density at radius 3 is 2.64 bits per heavy atom. The Balaban J connectivity index is 2.02. The fourth-order valence-electron chi connectivity index (χ4n) is 1.58. The molecule has 1 saturated carbocycles. The van der Waals surface area contributed by atoms with Crippen LogP contribution in [0.3, 0.4) is 0 Å². The first-order valence-corrected chi connectivity index (χ1v) is 5.57. The molecule has 1 aliphatic rings. The third-order valence-corrected chi connectivity index (χ3v) is 2.84. The maximum atomic E-state index is 11.5. The van der Waals surface area contributed by atoms with Crippen LogP contribution in [0.5, 0.6) is 0 Å². The molecule has 0 heterocycles. The average Bonchev–Trinajstić information content (AvgIpc) is 2.93. The van der Waals surface area contributed by atoms with Crippen LogP contribution in [0.2, 0.25) is 0 Å². The lowest BCUT2D eigenvalue weighted by atomic mass is 10.1. The van der Waals surface area contributed by atoms with E-state index < -0.39 is 0 Å². The molecular weight excluding hydrogens is 178 g/mol. The molecule has 2 unspecified atom stereocenters. The number of aliphatic hydroxyl groups excluding tert-OH is 1. The van der Waals surface area contributed by atoms with Gasteiger partial charge in [0, 0.05) is 12.5 Å². The van der Waals surface area contributed by atoms with E-state index in [1.807, 2.05) is 6.92 Å². The van der Waals surface area contributed by atoms with Gasteiger partial charge in [-0.1, -0.05) is 6.92 Å². The lowest BCUT2D eigenvalue weighted by Crippen LogP contribution is -2.31. The van der Waals surface area contributed by atoms with Crippen LogP contribution in [0.15, 0.2) is 0 Å². The Bertz CT molecular complexity index is 188. The zero-order valence-corrected chi connectivity index (χ0v) is 9.12. The average molecular weight is 199 g/mol. The van der Waals surface area contributed by atoms with E-state index in [0.717, 1.165) is 12.8 Å². The third kappa shape index (κ3) is 4.09. The molecule has 3 nitrogen and oxygen atoms in total. The summed E-state index contributed by atoms with van der Waals surface area (Å²) in [6, 6.07) is 0. The van der Waals surface area contributed by atoms with Crippen molar-refractivity contribution in [3.63, 3.8) is 0 Å². The zero-order chi connectivity index (χ0) is 10.6. The molecule has 0 aromatic carbocycles. The maximum absolute atomic E-state index is 11.5. The highest BCUT2D eigenvalue weighted by Crippen LogP contribution is 2.36. The lowest BCUT2D eigenvalue weighted by molar-refractivity contribution is -0.125. The first kappa shape index (κ1) is 11.5. The molecule has 82 valence electrons. The first-order valence-electron chi connectivity index (χ1n) is 5.57.